The molecule has 0 N–H and O–H groups in total. The monoisotopic (exact) mass is 513 g/mol. The van der Waals surface area contributed by atoms with E-state index < -0.39 is 0 Å². The van der Waals surface area contributed by atoms with Crippen LogP contribution in [0.4, 0.5) is 5.69 Å². The number of rotatable bonds is 6. The Hall–Kier alpha value is -3.57. The summed E-state index contributed by atoms with van der Waals surface area (Å²) < 4.78 is 12.7. The van der Waals surface area contributed by atoms with Crippen LogP contribution < -0.4 is 14.4 Å². The van der Waals surface area contributed by atoms with Crippen molar-refractivity contribution in [3.8, 4) is 11.5 Å². The Morgan fingerprint density at radius 2 is 1.74 bits per heavy atom. The van der Waals surface area contributed by atoms with E-state index in [0.29, 0.717) is 30.2 Å². The standard InChI is InChI=1S/C29H24BrNO3/c1-3-31-26-14-7-6-13-23(26)24(29(31)32)15-19-16-25(30)28(27(17-19)33-2)34-18-21-11-8-10-20-9-4-5-12-22(20)21/h4-17H,3,18H2,1-2H3/b24-15-. The average Bonchev–Trinajstić information content (AvgIpc) is 3.13. The molecule has 4 nitrogen and oxygen atoms in total. The predicted octanol–water partition coefficient (Wildman–Crippen LogP) is 7.10. The van der Waals surface area contributed by atoms with E-state index in [0.717, 1.165) is 26.9 Å². The van der Waals surface area contributed by atoms with E-state index in [1.807, 2.05) is 67.6 Å². The first-order valence-electron chi connectivity index (χ1n) is 11.2. The van der Waals surface area contributed by atoms with Gasteiger partial charge < -0.3 is 14.4 Å². The van der Waals surface area contributed by atoms with Crippen molar-refractivity contribution in [2.75, 3.05) is 18.6 Å². The first-order valence-corrected chi connectivity index (χ1v) is 12.0. The SMILES string of the molecule is CCN1C(=O)/C(=C\c2cc(Br)c(OCc3cccc4ccccc34)c(OC)c2)c2ccccc21. The van der Waals surface area contributed by atoms with Crippen LogP contribution in [0, 0.1) is 0 Å². The number of likely N-dealkylation sites (N-methyl/N-ethyl adjacent to an activating group) is 1. The number of para-hydroxylation sites is 1. The summed E-state index contributed by atoms with van der Waals surface area (Å²) in [5, 5.41) is 2.35. The van der Waals surface area contributed by atoms with Gasteiger partial charge in [-0.3, -0.25) is 4.79 Å². The molecule has 0 saturated carbocycles. The van der Waals surface area contributed by atoms with Crippen LogP contribution >= 0.6 is 15.9 Å². The molecule has 0 spiro atoms. The van der Waals surface area contributed by atoms with Gasteiger partial charge in [-0.05, 0) is 69.0 Å². The van der Waals surface area contributed by atoms with Crippen molar-refractivity contribution in [2.24, 2.45) is 0 Å². The molecule has 0 bridgehead atoms. The van der Waals surface area contributed by atoms with Gasteiger partial charge in [0.25, 0.3) is 5.91 Å². The number of methoxy groups -OCH3 is 1. The largest absolute Gasteiger partial charge is 0.493 e. The van der Waals surface area contributed by atoms with Gasteiger partial charge in [-0.2, -0.15) is 0 Å². The van der Waals surface area contributed by atoms with E-state index in [1.165, 1.54) is 10.8 Å². The molecule has 170 valence electrons. The minimum Gasteiger partial charge on any atom is -0.493 e. The summed E-state index contributed by atoms with van der Waals surface area (Å²) in [4.78, 5) is 14.9. The molecule has 1 amide bonds. The molecule has 1 aliphatic rings. The highest BCUT2D eigenvalue weighted by Gasteiger charge is 2.30. The van der Waals surface area contributed by atoms with Gasteiger partial charge in [-0.25, -0.2) is 0 Å². The second kappa shape index (κ2) is 9.35. The lowest BCUT2D eigenvalue weighted by molar-refractivity contribution is -0.112. The third-order valence-corrected chi connectivity index (χ3v) is 6.68. The van der Waals surface area contributed by atoms with Crippen LogP contribution in [0.25, 0.3) is 22.4 Å². The molecular weight excluding hydrogens is 490 g/mol. The molecule has 0 saturated heterocycles. The van der Waals surface area contributed by atoms with Crippen molar-refractivity contribution in [2.45, 2.75) is 13.5 Å². The van der Waals surface area contributed by atoms with Crippen molar-refractivity contribution in [3.05, 3.63) is 100 Å². The van der Waals surface area contributed by atoms with Gasteiger partial charge in [-0.15, -0.1) is 0 Å². The minimum atomic E-state index is 0.00933. The summed E-state index contributed by atoms with van der Waals surface area (Å²) in [6.07, 6.45) is 1.92. The molecular formula is C29H24BrNO3. The van der Waals surface area contributed by atoms with Crippen LogP contribution in [0.15, 0.2) is 83.3 Å². The first kappa shape index (κ1) is 22.2. The van der Waals surface area contributed by atoms with Crippen molar-refractivity contribution >= 4 is 49.9 Å². The third-order valence-electron chi connectivity index (χ3n) is 6.09. The maximum atomic E-state index is 13.1. The number of carbonyl (C=O) groups excluding carboxylic acids is 1. The highest BCUT2D eigenvalue weighted by Crippen LogP contribution is 2.41. The molecule has 5 heteroatoms. The zero-order valence-corrected chi connectivity index (χ0v) is 20.6. The van der Waals surface area contributed by atoms with Gasteiger partial charge in [0.15, 0.2) is 11.5 Å². The number of fused-ring (bicyclic) bond motifs is 2. The average molecular weight is 514 g/mol. The van der Waals surface area contributed by atoms with Crippen molar-refractivity contribution in [1.29, 1.82) is 0 Å². The second-order valence-electron chi connectivity index (χ2n) is 8.09. The van der Waals surface area contributed by atoms with Gasteiger partial charge in [0.2, 0.25) is 0 Å². The van der Waals surface area contributed by atoms with E-state index in [-0.39, 0.29) is 5.91 Å². The highest BCUT2D eigenvalue weighted by molar-refractivity contribution is 9.10. The van der Waals surface area contributed by atoms with Crippen LogP contribution in [0.1, 0.15) is 23.6 Å². The number of anilines is 1. The number of carbonyl (C=O) groups is 1. The van der Waals surface area contributed by atoms with Crippen molar-refractivity contribution in [3.63, 3.8) is 0 Å². The lowest BCUT2D eigenvalue weighted by atomic mass is 10.0. The Morgan fingerprint density at radius 1 is 0.971 bits per heavy atom. The Balaban J connectivity index is 1.47. The Kier molecular flexibility index (Phi) is 6.12. The third kappa shape index (κ3) is 3.97. The lowest BCUT2D eigenvalue weighted by Gasteiger charge is -2.15. The summed E-state index contributed by atoms with van der Waals surface area (Å²) in [5.74, 6) is 1.24. The molecule has 0 unspecified atom stereocenters. The molecule has 4 aromatic carbocycles. The topological polar surface area (TPSA) is 38.8 Å². The van der Waals surface area contributed by atoms with Gasteiger partial charge in [0.1, 0.15) is 6.61 Å². The molecule has 0 fully saturated rings. The molecule has 4 aromatic rings. The first-order chi connectivity index (χ1) is 16.6. The molecule has 5 rings (SSSR count). The van der Waals surface area contributed by atoms with Crippen LogP contribution in [-0.4, -0.2) is 19.6 Å². The number of hydrogen-bond acceptors (Lipinski definition) is 3. The molecule has 1 aliphatic heterocycles. The summed E-state index contributed by atoms with van der Waals surface area (Å²) in [6, 6.07) is 26.2. The fourth-order valence-corrected chi connectivity index (χ4v) is 5.03. The molecule has 1 heterocycles. The fourth-order valence-electron chi connectivity index (χ4n) is 4.46. The van der Waals surface area contributed by atoms with E-state index >= 15 is 0 Å². The summed E-state index contributed by atoms with van der Waals surface area (Å²) in [7, 11) is 1.62. The van der Waals surface area contributed by atoms with Crippen molar-refractivity contribution in [1.82, 2.24) is 0 Å². The Morgan fingerprint density at radius 3 is 2.56 bits per heavy atom. The number of halogens is 1. The molecule has 0 aromatic heterocycles. The van der Waals surface area contributed by atoms with Crippen LogP contribution in [0.5, 0.6) is 11.5 Å². The normalized spacial score (nSPS) is 14.0. The number of amides is 1. The zero-order chi connectivity index (χ0) is 23.7. The Labute approximate surface area is 207 Å². The smallest absolute Gasteiger partial charge is 0.258 e. The lowest BCUT2D eigenvalue weighted by Crippen LogP contribution is -2.25. The summed E-state index contributed by atoms with van der Waals surface area (Å²) >= 11 is 3.65. The van der Waals surface area contributed by atoms with Crippen LogP contribution in [-0.2, 0) is 11.4 Å². The van der Waals surface area contributed by atoms with Crippen molar-refractivity contribution < 1.29 is 14.3 Å². The molecule has 0 radical (unpaired) electrons. The fraction of sp³-hybridized carbons (Fsp3) is 0.138. The Bertz CT molecular complexity index is 1420. The second-order valence-corrected chi connectivity index (χ2v) is 8.94. The van der Waals surface area contributed by atoms with E-state index in [4.69, 9.17) is 9.47 Å². The van der Waals surface area contributed by atoms with Crippen LogP contribution in [0.2, 0.25) is 0 Å². The maximum Gasteiger partial charge on any atom is 0.258 e. The van der Waals surface area contributed by atoms with Gasteiger partial charge >= 0.3 is 0 Å². The van der Waals surface area contributed by atoms with E-state index in [2.05, 4.69) is 40.2 Å². The van der Waals surface area contributed by atoms with Gasteiger partial charge in [-0.1, -0.05) is 60.7 Å². The van der Waals surface area contributed by atoms with Gasteiger partial charge in [0, 0.05) is 17.7 Å². The summed E-state index contributed by atoms with van der Waals surface area (Å²) in [6.45, 7) is 3.02. The number of benzene rings is 4. The molecule has 0 aliphatic carbocycles. The quantitative estimate of drug-likeness (QED) is 0.258. The predicted molar refractivity (Wildman–Crippen MR) is 141 cm³/mol. The molecule has 0 atom stereocenters. The number of nitrogens with zero attached hydrogens (tertiary/aromatic N) is 1. The molecule has 34 heavy (non-hydrogen) atoms. The number of ether oxygens (including phenoxy) is 2. The summed E-state index contributed by atoms with van der Waals surface area (Å²) in [5.41, 5.74) is 4.53. The van der Waals surface area contributed by atoms with E-state index in [9.17, 15) is 4.79 Å². The van der Waals surface area contributed by atoms with Gasteiger partial charge in [0.05, 0.1) is 17.3 Å². The highest BCUT2D eigenvalue weighted by atomic mass is 79.9. The minimum absolute atomic E-state index is 0.00933. The maximum absolute atomic E-state index is 13.1. The number of hydrogen-bond donors (Lipinski definition) is 0. The zero-order valence-electron chi connectivity index (χ0n) is 19.0. The van der Waals surface area contributed by atoms with Crippen LogP contribution in [0.3, 0.4) is 0 Å². The van der Waals surface area contributed by atoms with E-state index in [1.54, 1.807) is 12.0 Å².